The molecule has 0 saturated carbocycles. The average molecular weight is 275 g/mol. The Hall–Kier alpha value is -0.860. The van der Waals surface area contributed by atoms with Crippen LogP contribution in [0.1, 0.15) is 50.2 Å². The fourth-order valence-corrected chi connectivity index (χ4v) is 2.87. The van der Waals surface area contributed by atoms with Gasteiger partial charge < -0.3 is 4.74 Å². The molecule has 112 valence electrons. The fraction of sp³-hybridized carbons (Fsp3) is 0.667. The lowest BCUT2D eigenvalue weighted by atomic mass is 9.88. The Morgan fingerprint density at radius 3 is 2.05 bits per heavy atom. The quantitative estimate of drug-likeness (QED) is 0.809. The molecule has 0 bridgehead atoms. The third kappa shape index (κ3) is 4.07. The smallest absolute Gasteiger partial charge is 0.0645 e. The van der Waals surface area contributed by atoms with Gasteiger partial charge >= 0.3 is 0 Å². The van der Waals surface area contributed by atoms with Crippen LogP contribution >= 0.6 is 0 Å². The summed E-state index contributed by atoms with van der Waals surface area (Å²) < 4.78 is 5.27. The first-order valence-corrected chi connectivity index (χ1v) is 8.13. The molecule has 0 amide bonds. The van der Waals surface area contributed by atoms with Crippen LogP contribution in [-0.4, -0.2) is 37.2 Å². The minimum atomic E-state index is 0.717. The second-order valence-corrected chi connectivity index (χ2v) is 6.12. The molecule has 0 spiro atoms. The molecule has 1 aromatic rings. The molecular formula is C18H29NO. The lowest BCUT2D eigenvalue weighted by Gasteiger charge is -2.41. The molecule has 2 fully saturated rings. The predicted octanol–water partition coefficient (Wildman–Crippen LogP) is 3.99. The van der Waals surface area contributed by atoms with Gasteiger partial charge in [0.1, 0.15) is 0 Å². The van der Waals surface area contributed by atoms with E-state index in [2.05, 4.69) is 49.9 Å². The summed E-state index contributed by atoms with van der Waals surface area (Å²) in [7, 11) is 0. The van der Waals surface area contributed by atoms with Gasteiger partial charge in [0.15, 0.2) is 0 Å². The van der Waals surface area contributed by atoms with Gasteiger partial charge in [0, 0.05) is 0 Å². The highest BCUT2D eigenvalue weighted by Crippen LogP contribution is 2.29. The van der Waals surface area contributed by atoms with Gasteiger partial charge in [0.05, 0.1) is 19.3 Å². The van der Waals surface area contributed by atoms with Gasteiger partial charge in [-0.1, -0.05) is 50.1 Å². The third-order valence-electron chi connectivity index (χ3n) is 4.22. The second kappa shape index (κ2) is 7.80. The first-order chi connectivity index (χ1) is 9.74. The summed E-state index contributed by atoms with van der Waals surface area (Å²) in [5, 5.41) is 0. The van der Waals surface area contributed by atoms with Crippen molar-refractivity contribution in [2.24, 2.45) is 0 Å². The molecular weight excluding hydrogens is 246 g/mol. The summed E-state index contributed by atoms with van der Waals surface area (Å²) >= 11 is 0. The molecule has 2 aliphatic heterocycles. The first kappa shape index (κ1) is 15.5. The van der Waals surface area contributed by atoms with Crippen molar-refractivity contribution in [3.05, 3.63) is 35.4 Å². The number of likely N-dealkylation sites (tertiary alicyclic amines) is 1. The van der Waals surface area contributed by atoms with Crippen LogP contribution in [0, 0.1) is 6.92 Å². The molecule has 0 aliphatic carbocycles. The van der Waals surface area contributed by atoms with Crippen LogP contribution in [-0.2, 0) is 4.74 Å². The highest BCUT2D eigenvalue weighted by atomic mass is 16.5. The van der Waals surface area contributed by atoms with Gasteiger partial charge in [0.25, 0.3) is 0 Å². The lowest BCUT2D eigenvalue weighted by molar-refractivity contribution is -0.0712. The van der Waals surface area contributed by atoms with E-state index in [-0.39, 0.29) is 0 Å². The summed E-state index contributed by atoms with van der Waals surface area (Å²) in [6, 6.07) is 9.81. The van der Waals surface area contributed by atoms with Gasteiger partial charge in [-0.05, 0) is 44.3 Å². The zero-order valence-corrected chi connectivity index (χ0v) is 13.3. The van der Waals surface area contributed by atoms with Gasteiger partial charge in [-0.2, -0.15) is 0 Å². The van der Waals surface area contributed by atoms with Crippen molar-refractivity contribution in [3.8, 4) is 0 Å². The van der Waals surface area contributed by atoms with Crippen molar-refractivity contribution in [1.82, 2.24) is 4.90 Å². The van der Waals surface area contributed by atoms with E-state index < -0.39 is 0 Å². The minimum absolute atomic E-state index is 0.717. The number of ether oxygens (including phenoxy) is 1. The largest absolute Gasteiger partial charge is 0.378 e. The molecule has 1 aromatic carbocycles. The van der Waals surface area contributed by atoms with E-state index in [4.69, 9.17) is 4.74 Å². The lowest BCUT2D eigenvalue weighted by Crippen LogP contribution is -2.51. The average Bonchev–Trinajstić information content (AvgIpc) is 2.40. The first-order valence-electron chi connectivity index (χ1n) is 8.13. The van der Waals surface area contributed by atoms with Crippen LogP contribution < -0.4 is 0 Å². The van der Waals surface area contributed by atoms with Crippen molar-refractivity contribution in [1.29, 1.82) is 0 Å². The number of nitrogens with zero attached hydrogens (tertiary/aromatic N) is 1. The molecule has 2 heteroatoms. The maximum absolute atomic E-state index is 5.27. The Morgan fingerprint density at radius 2 is 1.60 bits per heavy atom. The summed E-state index contributed by atoms with van der Waals surface area (Å²) in [6.07, 6.45) is 3.86. The molecule has 0 radical (unpaired) electrons. The van der Waals surface area contributed by atoms with E-state index in [0.29, 0.717) is 6.04 Å². The Balaban J connectivity index is 0.000000452. The van der Waals surface area contributed by atoms with Crippen LogP contribution in [0.2, 0.25) is 0 Å². The molecule has 2 saturated heterocycles. The SMILES string of the molecule is CCC.Cc1ccc(C2CCN(C3COC3)CC2)cc1. The molecule has 2 nitrogen and oxygen atoms in total. The number of rotatable bonds is 2. The van der Waals surface area contributed by atoms with Gasteiger partial charge in [0.2, 0.25) is 0 Å². The van der Waals surface area contributed by atoms with Crippen LogP contribution in [0.15, 0.2) is 24.3 Å². The maximum atomic E-state index is 5.27. The topological polar surface area (TPSA) is 12.5 Å². The van der Waals surface area contributed by atoms with E-state index >= 15 is 0 Å². The molecule has 3 rings (SSSR count). The zero-order valence-electron chi connectivity index (χ0n) is 13.3. The Bertz CT molecular complexity index is 375. The highest BCUT2D eigenvalue weighted by molar-refractivity contribution is 5.24. The third-order valence-corrected chi connectivity index (χ3v) is 4.22. The predicted molar refractivity (Wildman–Crippen MR) is 85.3 cm³/mol. The van der Waals surface area contributed by atoms with Crippen LogP contribution in [0.4, 0.5) is 0 Å². The number of aryl methyl sites for hydroxylation is 1. The Labute approximate surface area is 124 Å². The number of hydrogen-bond donors (Lipinski definition) is 0. The van der Waals surface area contributed by atoms with E-state index in [1.807, 2.05) is 0 Å². The number of hydrogen-bond acceptors (Lipinski definition) is 2. The Kier molecular flexibility index (Phi) is 6.06. The molecule has 2 heterocycles. The van der Waals surface area contributed by atoms with Crippen molar-refractivity contribution in [2.75, 3.05) is 26.3 Å². The molecule has 0 unspecified atom stereocenters. The van der Waals surface area contributed by atoms with Gasteiger partial charge in [-0.25, -0.2) is 0 Å². The summed E-state index contributed by atoms with van der Waals surface area (Å²) in [4.78, 5) is 2.61. The summed E-state index contributed by atoms with van der Waals surface area (Å²) in [5.74, 6) is 0.771. The van der Waals surface area contributed by atoms with E-state index in [0.717, 1.165) is 19.1 Å². The molecule has 0 aromatic heterocycles. The van der Waals surface area contributed by atoms with Crippen molar-refractivity contribution in [2.45, 2.75) is 52.0 Å². The van der Waals surface area contributed by atoms with E-state index in [1.54, 1.807) is 0 Å². The maximum Gasteiger partial charge on any atom is 0.0645 e. The molecule has 20 heavy (non-hydrogen) atoms. The second-order valence-electron chi connectivity index (χ2n) is 6.12. The Morgan fingerprint density at radius 1 is 1.05 bits per heavy atom. The van der Waals surface area contributed by atoms with E-state index in [9.17, 15) is 0 Å². The number of piperidine rings is 1. The monoisotopic (exact) mass is 275 g/mol. The van der Waals surface area contributed by atoms with Crippen LogP contribution in [0.25, 0.3) is 0 Å². The molecule has 2 aliphatic rings. The van der Waals surface area contributed by atoms with Crippen molar-refractivity contribution in [3.63, 3.8) is 0 Å². The van der Waals surface area contributed by atoms with E-state index in [1.165, 1.54) is 43.5 Å². The molecule has 0 atom stereocenters. The van der Waals surface area contributed by atoms with Crippen molar-refractivity contribution >= 4 is 0 Å². The van der Waals surface area contributed by atoms with Crippen LogP contribution in [0.3, 0.4) is 0 Å². The summed E-state index contributed by atoms with van der Waals surface area (Å²) in [6.45, 7) is 10.8. The fourth-order valence-electron chi connectivity index (χ4n) is 2.87. The van der Waals surface area contributed by atoms with Gasteiger partial charge in [-0.3, -0.25) is 4.90 Å². The molecule has 0 N–H and O–H groups in total. The zero-order chi connectivity index (χ0) is 14.4. The van der Waals surface area contributed by atoms with Gasteiger partial charge in [-0.15, -0.1) is 0 Å². The van der Waals surface area contributed by atoms with Crippen LogP contribution in [0.5, 0.6) is 0 Å². The minimum Gasteiger partial charge on any atom is -0.378 e. The normalized spacial score (nSPS) is 20.9. The van der Waals surface area contributed by atoms with Crippen molar-refractivity contribution < 1.29 is 4.74 Å². The standard InChI is InChI=1S/C15H21NO.C3H8/c1-12-2-4-13(5-3-12)14-6-8-16(9-7-14)15-10-17-11-15;1-3-2/h2-5,14-15H,6-11H2,1H3;3H2,1-2H3. The summed E-state index contributed by atoms with van der Waals surface area (Å²) in [5.41, 5.74) is 2.89. The number of benzene rings is 1. The highest BCUT2D eigenvalue weighted by Gasteiger charge is 2.29.